The van der Waals surface area contributed by atoms with E-state index >= 15 is 0 Å². The zero-order valence-electron chi connectivity index (χ0n) is 13.7. The maximum Gasteiger partial charge on any atom is 0.155 e. The van der Waals surface area contributed by atoms with Crippen molar-refractivity contribution in [3.8, 4) is 0 Å². The maximum absolute atomic E-state index is 6.02. The van der Waals surface area contributed by atoms with Crippen LogP contribution in [0.1, 0.15) is 65.3 Å². The van der Waals surface area contributed by atoms with Crippen molar-refractivity contribution in [1.29, 1.82) is 0 Å². The van der Waals surface area contributed by atoms with Crippen LogP contribution in [0, 0.1) is 0 Å². The number of hydrogen-bond donors (Lipinski definition) is 1. The number of nitrogens with two attached hydrogens (primary N) is 1. The summed E-state index contributed by atoms with van der Waals surface area (Å²) in [5.41, 5.74) is 8.81. The Labute approximate surface area is 122 Å². The molecule has 1 rings (SSSR count). The SMILES string of the molecule is C/C=C\N=C/c1c(N)nnc(C(C)(C)C)c1C(C)(C)C. The minimum atomic E-state index is -0.0908. The summed E-state index contributed by atoms with van der Waals surface area (Å²) < 4.78 is 0. The number of anilines is 1. The molecule has 0 amide bonds. The van der Waals surface area contributed by atoms with Crippen molar-refractivity contribution < 1.29 is 0 Å². The summed E-state index contributed by atoms with van der Waals surface area (Å²) in [6.07, 6.45) is 5.39. The molecule has 0 spiro atoms. The fourth-order valence-electron chi connectivity index (χ4n) is 2.08. The first kappa shape index (κ1) is 16.3. The van der Waals surface area contributed by atoms with E-state index in [1.165, 1.54) is 0 Å². The summed E-state index contributed by atoms with van der Waals surface area (Å²) in [5, 5.41) is 8.46. The van der Waals surface area contributed by atoms with Gasteiger partial charge < -0.3 is 5.73 Å². The predicted molar refractivity (Wildman–Crippen MR) is 86.3 cm³/mol. The van der Waals surface area contributed by atoms with E-state index in [-0.39, 0.29) is 10.8 Å². The minimum absolute atomic E-state index is 0.0794. The molecule has 20 heavy (non-hydrogen) atoms. The Bertz CT molecular complexity index is 529. The van der Waals surface area contributed by atoms with Crippen LogP contribution in [-0.4, -0.2) is 16.4 Å². The Balaban J connectivity index is 3.64. The maximum atomic E-state index is 6.02. The Morgan fingerprint density at radius 3 is 2.05 bits per heavy atom. The van der Waals surface area contributed by atoms with Crippen LogP contribution in [0.3, 0.4) is 0 Å². The highest BCUT2D eigenvalue weighted by molar-refractivity contribution is 5.88. The van der Waals surface area contributed by atoms with E-state index in [0.717, 1.165) is 16.8 Å². The van der Waals surface area contributed by atoms with Gasteiger partial charge in [-0.1, -0.05) is 47.6 Å². The number of hydrogen-bond acceptors (Lipinski definition) is 4. The van der Waals surface area contributed by atoms with E-state index in [9.17, 15) is 0 Å². The van der Waals surface area contributed by atoms with Crippen molar-refractivity contribution in [3.05, 3.63) is 29.1 Å². The van der Waals surface area contributed by atoms with Crippen LogP contribution >= 0.6 is 0 Å². The molecule has 0 aliphatic heterocycles. The molecule has 0 radical (unpaired) electrons. The molecule has 0 aromatic carbocycles. The lowest BCUT2D eigenvalue weighted by molar-refractivity contribution is 0.505. The first-order valence-corrected chi connectivity index (χ1v) is 6.90. The summed E-state index contributed by atoms with van der Waals surface area (Å²) in [4.78, 5) is 4.26. The van der Waals surface area contributed by atoms with Crippen molar-refractivity contribution >= 4 is 12.0 Å². The predicted octanol–water partition coefficient (Wildman–Crippen LogP) is 3.61. The lowest BCUT2D eigenvalue weighted by Gasteiger charge is -2.30. The topological polar surface area (TPSA) is 64.2 Å². The third kappa shape index (κ3) is 3.65. The molecular formula is C16H26N4. The highest BCUT2D eigenvalue weighted by Crippen LogP contribution is 2.35. The summed E-state index contributed by atoms with van der Waals surface area (Å²) in [5.74, 6) is 0.427. The van der Waals surface area contributed by atoms with Gasteiger partial charge in [-0.15, -0.1) is 5.10 Å². The van der Waals surface area contributed by atoms with Gasteiger partial charge in [-0.05, 0) is 17.9 Å². The third-order valence-electron chi connectivity index (χ3n) is 2.94. The smallest absolute Gasteiger partial charge is 0.155 e. The normalized spacial score (nSPS) is 13.6. The minimum Gasteiger partial charge on any atom is -0.382 e. The Morgan fingerprint density at radius 1 is 1.00 bits per heavy atom. The number of allylic oxidation sites excluding steroid dienone is 1. The van der Waals surface area contributed by atoms with Crippen LogP contribution in [-0.2, 0) is 10.8 Å². The number of aromatic nitrogens is 2. The van der Waals surface area contributed by atoms with Crippen molar-refractivity contribution in [2.45, 2.75) is 59.3 Å². The van der Waals surface area contributed by atoms with E-state index in [4.69, 9.17) is 5.73 Å². The van der Waals surface area contributed by atoms with Gasteiger partial charge in [0.15, 0.2) is 5.82 Å². The van der Waals surface area contributed by atoms with Gasteiger partial charge in [0, 0.05) is 23.4 Å². The zero-order valence-corrected chi connectivity index (χ0v) is 13.7. The monoisotopic (exact) mass is 274 g/mol. The zero-order chi connectivity index (χ0) is 15.6. The van der Waals surface area contributed by atoms with Crippen molar-refractivity contribution in [3.63, 3.8) is 0 Å². The quantitative estimate of drug-likeness (QED) is 0.838. The fourth-order valence-corrected chi connectivity index (χ4v) is 2.08. The van der Waals surface area contributed by atoms with E-state index in [1.807, 2.05) is 13.0 Å². The first-order valence-electron chi connectivity index (χ1n) is 6.90. The van der Waals surface area contributed by atoms with Gasteiger partial charge in [0.05, 0.1) is 5.69 Å². The number of nitrogens with zero attached hydrogens (tertiary/aromatic N) is 3. The molecule has 1 aromatic heterocycles. The molecule has 4 heteroatoms. The molecule has 2 N–H and O–H groups in total. The molecule has 0 unspecified atom stereocenters. The number of rotatable bonds is 2. The highest BCUT2D eigenvalue weighted by Gasteiger charge is 2.30. The van der Waals surface area contributed by atoms with Gasteiger partial charge >= 0.3 is 0 Å². The van der Waals surface area contributed by atoms with E-state index in [0.29, 0.717) is 5.82 Å². The second-order valence-corrected chi connectivity index (χ2v) is 6.98. The van der Waals surface area contributed by atoms with Gasteiger partial charge in [-0.2, -0.15) is 5.10 Å². The van der Waals surface area contributed by atoms with Crippen molar-refractivity contribution in [1.82, 2.24) is 10.2 Å². The second-order valence-electron chi connectivity index (χ2n) is 6.98. The van der Waals surface area contributed by atoms with Gasteiger partial charge in [-0.25, -0.2) is 0 Å². The average Bonchev–Trinajstić information content (AvgIpc) is 2.28. The van der Waals surface area contributed by atoms with Crippen LogP contribution in [0.5, 0.6) is 0 Å². The van der Waals surface area contributed by atoms with Crippen LogP contribution in [0.2, 0.25) is 0 Å². The number of nitrogen functional groups attached to an aromatic ring is 1. The molecule has 1 aromatic rings. The molecule has 1 heterocycles. The largest absolute Gasteiger partial charge is 0.382 e. The molecule has 0 atom stereocenters. The molecule has 110 valence electrons. The fraction of sp³-hybridized carbons (Fsp3) is 0.562. The standard InChI is InChI=1S/C16H26N4/c1-8-9-18-10-11-12(15(2,3)4)13(16(5,6)7)19-20-14(11)17/h8-10H,1-7H3,(H2,17,20)/b9-8-,18-10-. The summed E-state index contributed by atoms with van der Waals surface area (Å²) >= 11 is 0. The Kier molecular flexibility index (Phi) is 4.69. The lowest BCUT2D eigenvalue weighted by Crippen LogP contribution is -2.27. The van der Waals surface area contributed by atoms with Gasteiger partial charge in [0.1, 0.15) is 0 Å². The molecule has 4 nitrogen and oxygen atoms in total. The van der Waals surface area contributed by atoms with E-state index < -0.39 is 0 Å². The van der Waals surface area contributed by atoms with E-state index in [1.54, 1.807) is 12.4 Å². The Morgan fingerprint density at radius 2 is 1.60 bits per heavy atom. The molecule has 0 saturated carbocycles. The third-order valence-corrected chi connectivity index (χ3v) is 2.94. The van der Waals surface area contributed by atoms with Crippen LogP contribution in [0.15, 0.2) is 17.3 Å². The molecule has 0 aliphatic carbocycles. The second kappa shape index (κ2) is 5.73. The van der Waals surface area contributed by atoms with Gasteiger partial charge in [-0.3, -0.25) is 4.99 Å². The first-order chi connectivity index (χ1) is 9.09. The summed E-state index contributed by atoms with van der Waals surface area (Å²) in [6.45, 7) is 14.8. The molecule has 0 bridgehead atoms. The lowest BCUT2D eigenvalue weighted by atomic mass is 9.76. The van der Waals surface area contributed by atoms with Crippen LogP contribution < -0.4 is 5.73 Å². The molecule has 0 fully saturated rings. The van der Waals surface area contributed by atoms with Gasteiger partial charge in [0.2, 0.25) is 0 Å². The van der Waals surface area contributed by atoms with Crippen LogP contribution in [0.4, 0.5) is 5.82 Å². The van der Waals surface area contributed by atoms with Crippen molar-refractivity contribution in [2.24, 2.45) is 4.99 Å². The van der Waals surface area contributed by atoms with Gasteiger partial charge in [0.25, 0.3) is 0 Å². The molecular weight excluding hydrogens is 248 g/mol. The molecule has 0 aliphatic rings. The molecule has 0 saturated heterocycles. The van der Waals surface area contributed by atoms with Crippen LogP contribution in [0.25, 0.3) is 0 Å². The highest BCUT2D eigenvalue weighted by atomic mass is 15.1. The summed E-state index contributed by atoms with van der Waals surface area (Å²) in [7, 11) is 0. The Hall–Kier alpha value is -1.71. The number of aliphatic imine (C=N–C) groups is 1. The average molecular weight is 274 g/mol. The van der Waals surface area contributed by atoms with Crippen molar-refractivity contribution in [2.75, 3.05) is 5.73 Å². The summed E-state index contributed by atoms with van der Waals surface area (Å²) in [6, 6.07) is 0. The van der Waals surface area contributed by atoms with E-state index in [2.05, 4.69) is 56.7 Å².